The van der Waals surface area contributed by atoms with Crippen LogP contribution >= 0.6 is 0 Å². The molecule has 0 aliphatic rings. The van der Waals surface area contributed by atoms with Crippen molar-refractivity contribution in [2.45, 2.75) is 30.7 Å². The van der Waals surface area contributed by atoms with E-state index in [2.05, 4.69) is 10.6 Å². The van der Waals surface area contributed by atoms with Crippen LogP contribution in [0.25, 0.3) is 0 Å². The Balaban J connectivity index is 2.92. The zero-order chi connectivity index (χ0) is 18.5. The van der Waals surface area contributed by atoms with Gasteiger partial charge in [0.1, 0.15) is 10.7 Å². The number of rotatable bonds is 6. The van der Waals surface area contributed by atoms with Crippen molar-refractivity contribution in [3.8, 4) is 0 Å². The Morgan fingerprint density at radius 1 is 1.25 bits per heavy atom. The van der Waals surface area contributed by atoms with E-state index in [4.69, 9.17) is 5.11 Å². The Bertz CT molecular complexity index is 734. The summed E-state index contributed by atoms with van der Waals surface area (Å²) in [6.07, 6.45) is 0.243. The molecule has 0 spiro atoms. The molecule has 24 heavy (non-hydrogen) atoms. The molecule has 2 amide bonds. The van der Waals surface area contributed by atoms with Crippen LogP contribution in [-0.2, 0) is 19.6 Å². The lowest BCUT2D eigenvalue weighted by Gasteiger charge is -2.24. The minimum atomic E-state index is -4.05. The molecule has 10 heteroatoms. The highest BCUT2D eigenvalue weighted by Crippen LogP contribution is 2.19. The maximum Gasteiger partial charge on any atom is 0.313 e. The van der Waals surface area contributed by atoms with E-state index in [0.717, 1.165) is 25.2 Å². The zero-order valence-corrected chi connectivity index (χ0v) is 14.3. The average Bonchev–Trinajstić information content (AvgIpc) is 2.48. The Hall–Kier alpha value is -2.04. The molecule has 0 saturated carbocycles. The van der Waals surface area contributed by atoms with Crippen LogP contribution in [0.2, 0.25) is 0 Å². The number of benzene rings is 1. The monoisotopic (exact) mass is 361 g/mol. The Kier molecular flexibility index (Phi) is 6.41. The first kappa shape index (κ1) is 20.0. The minimum Gasteiger partial charge on any atom is -0.396 e. The number of carbonyl (C=O) groups is 2. The lowest BCUT2D eigenvalue weighted by atomic mass is 10.0. The number of nitrogens with one attached hydrogen (secondary N) is 3. The minimum absolute atomic E-state index is 0.0506. The molecule has 0 atom stereocenters. The maximum absolute atomic E-state index is 13.6. The van der Waals surface area contributed by atoms with E-state index < -0.39 is 38.1 Å². The Morgan fingerprint density at radius 2 is 1.88 bits per heavy atom. The fourth-order valence-corrected chi connectivity index (χ4v) is 2.62. The molecular weight excluding hydrogens is 341 g/mol. The van der Waals surface area contributed by atoms with Gasteiger partial charge in [-0.1, -0.05) is 0 Å². The van der Waals surface area contributed by atoms with Gasteiger partial charge in [0.15, 0.2) is 0 Å². The highest BCUT2D eigenvalue weighted by Gasteiger charge is 2.25. The van der Waals surface area contributed by atoms with Crippen LogP contribution in [0.3, 0.4) is 0 Å². The summed E-state index contributed by atoms with van der Waals surface area (Å²) in [5, 5.41) is 13.5. The van der Waals surface area contributed by atoms with Gasteiger partial charge in [0.25, 0.3) is 0 Å². The second-order valence-corrected chi connectivity index (χ2v) is 7.47. The topological polar surface area (TPSA) is 125 Å². The van der Waals surface area contributed by atoms with Gasteiger partial charge in [0, 0.05) is 17.8 Å². The number of hydrogen-bond acceptors (Lipinski definition) is 5. The smallest absolute Gasteiger partial charge is 0.313 e. The van der Waals surface area contributed by atoms with Gasteiger partial charge in [-0.05, 0) is 45.5 Å². The largest absolute Gasteiger partial charge is 0.396 e. The van der Waals surface area contributed by atoms with Crippen molar-refractivity contribution in [3.63, 3.8) is 0 Å². The van der Waals surface area contributed by atoms with E-state index in [1.165, 1.54) is 0 Å². The number of hydrogen-bond donors (Lipinski definition) is 4. The van der Waals surface area contributed by atoms with E-state index in [1.54, 1.807) is 13.8 Å². The van der Waals surface area contributed by atoms with Gasteiger partial charge in [0.05, 0.1) is 0 Å². The van der Waals surface area contributed by atoms with Crippen molar-refractivity contribution in [3.05, 3.63) is 24.0 Å². The quantitative estimate of drug-likeness (QED) is 0.529. The maximum atomic E-state index is 13.6. The number of aliphatic hydroxyl groups is 1. The predicted molar refractivity (Wildman–Crippen MR) is 85.2 cm³/mol. The summed E-state index contributed by atoms with van der Waals surface area (Å²) in [5.41, 5.74) is -0.850. The lowest BCUT2D eigenvalue weighted by Crippen LogP contribution is -2.48. The number of aliphatic hydroxyl groups excluding tert-OH is 1. The first-order valence-corrected chi connectivity index (χ1v) is 8.48. The summed E-state index contributed by atoms with van der Waals surface area (Å²) >= 11 is 0. The number of sulfonamides is 1. The van der Waals surface area contributed by atoms with Crippen molar-refractivity contribution >= 4 is 27.5 Å². The summed E-state index contributed by atoms with van der Waals surface area (Å²) in [6.45, 7) is 3.09. The standard InChI is InChI=1S/C14H20FN3O5S/c1-14(2,6-7-19)18-13(21)12(20)17-9-4-5-10(15)11(8-9)24(22,23)16-3/h4-5,8,16,19H,6-7H2,1-3H3,(H,17,20)(H,18,21). The normalized spacial score (nSPS) is 11.9. The van der Waals surface area contributed by atoms with E-state index in [0.29, 0.717) is 0 Å². The molecule has 0 radical (unpaired) electrons. The molecule has 0 fully saturated rings. The predicted octanol–water partition coefficient (Wildman–Crippen LogP) is -0.0505. The first-order chi connectivity index (χ1) is 11.0. The van der Waals surface area contributed by atoms with Crippen molar-refractivity contribution in [1.29, 1.82) is 0 Å². The van der Waals surface area contributed by atoms with Gasteiger partial charge >= 0.3 is 11.8 Å². The van der Waals surface area contributed by atoms with E-state index in [1.807, 2.05) is 4.72 Å². The van der Waals surface area contributed by atoms with E-state index >= 15 is 0 Å². The van der Waals surface area contributed by atoms with E-state index in [-0.39, 0.29) is 18.7 Å². The molecule has 0 aromatic heterocycles. The third-order valence-corrected chi connectivity index (χ3v) is 4.57. The van der Waals surface area contributed by atoms with Gasteiger partial charge < -0.3 is 15.7 Å². The zero-order valence-electron chi connectivity index (χ0n) is 13.5. The molecule has 1 aromatic rings. The molecule has 0 unspecified atom stereocenters. The summed E-state index contributed by atoms with van der Waals surface area (Å²) < 4.78 is 39.0. The third-order valence-electron chi connectivity index (χ3n) is 3.14. The first-order valence-electron chi connectivity index (χ1n) is 7.00. The lowest BCUT2D eigenvalue weighted by molar-refractivity contribution is -0.137. The second kappa shape index (κ2) is 7.69. The van der Waals surface area contributed by atoms with E-state index in [9.17, 15) is 22.4 Å². The number of amides is 2. The third kappa shape index (κ3) is 5.25. The van der Waals surface area contributed by atoms with Crippen LogP contribution in [0.15, 0.2) is 23.1 Å². The van der Waals surface area contributed by atoms with Crippen molar-refractivity contribution in [1.82, 2.24) is 10.0 Å². The molecule has 1 aromatic carbocycles. The van der Waals surface area contributed by atoms with Gasteiger partial charge in [-0.25, -0.2) is 17.5 Å². The fourth-order valence-electron chi connectivity index (χ4n) is 1.79. The molecule has 0 aliphatic carbocycles. The second-order valence-electron chi connectivity index (χ2n) is 5.62. The van der Waals surface area contributed by atoms with Crippen LogP contribution < -0.4 is 15.4 Å². The molecular formula is C14H20FN3O5S. The molecule has 8 nitrogen and oxygen atoms in total. The molecule has 0 bridgehead atoms. The van der Waals surface area contributed by atoms with Crippen molar-refractivity contribution < 1.29 is 27.5 Å². The fraction of sp³-hybridized carbons (Fsp3) is 0.429. The molecule has 0 heterocycles. The highest BCUT2D eigenvalue weighted by molar-refractivity contribution is 7.89. The summed E-state index contributed by atoms with van der Waals surface area (Å²) in [5.74, 6) is -2.99. The van der Waals surface area contributed by atoms with Crippen LogP contribution in [-0.4, -0.2) is 44.5 Å². The molecule has 134 valence electrons. The molecule has 0 saturated heterocycles. The number of anilines is 1. The highest BCUT2D eigenvalue weighted by atomic mass is 32.2. The summed E-state index contributed by atoms with van der Waals surface area (Å²) in [6, 6.07) is 2.91. The van der Waals surface area contributed by atoms with Crippen LogP contribution in [0.1, 0.15) is 20.3 Å². The molecule has 4 N–H and O–H groups in total. The summed E-state index contributed by atoms with van der Waals surface area (Å²) in [7, 11) is -2.93. The Morgan fingerprint density at radius 3 is 2.42 bits per heavy atom. The number of halogens is 1. The summed E-state index contributed by atoms with van der Waals surface area (Å²) in [4.78, 5) is 23.0. The van der Waals surface area contributed by atoms with Gasteiger partial charge in [-0.3, -0.25) is 9.59 Å². The molecule has 0 aliphatic heterocycles. The van der Waals surface area contributed by atoms with Gasteiger partial charge in [0.2, 0.25) is 10.0 Å². The van der Waals surface area contributed by atoms with Crippen molar-refractivity contribution in [2.24, 2.45) is 0 Å². The molecule has 1 rings (SSSR count). The van der Waals surface area contributed by atoms with Crippen LogP contribution in [0.5, 0.6) is 0 Å². The SMILES string of the molecule is CNS(=O)(=O)c1cc(NC(=O)C(=O)NC(C)(C)CCO)ccc1F. The Labute approximate surface area is 139 Å². The van der Waals surface area contributed by atoms with Crippen molar-refractivity contribution in [2.75, 3.05) is 19.0 Å². The van der Waals surface area contributed by atoms with Crippen LogP contribution in [0.4, 0.5) is 10.1 Å². The average molecular weight is 361 g/mol. The van der Waals surface area contributed by atoms with Gasteiger partial charge in [-0.15, -0.1) is 0 Å². The van der Waals surface area contributed by atoms with Crippen LogP contribution in [0, 0.1) is 5.82 Å². The number of carbonyl (C=O) groups excluding carboxylic acids is 2. The van der Waals surface area contributed by atoms with Gasteiger partial charge in [-0.2, -0.15) is 0 Å².